The molecule has 1 fully saturated rings. The molecular formula is C29H22ClF2N5O. The van der Waals surface area contributed by atoms with Crippen LogP contribution in [0.3, 0.4) is 0 Å². The molecule has 1 amide bonds. The lowest BCUT2D eigenvalue weighted by Gasteiger charge is -2.36. The normalized spacial score (nSPS) is 13.8. The van der Waals surface area contributed by atoms with E-state index in [2.05, 4.69) is 0 Å². The minimum Gasteiger partial charge on any atom is -0.366 e. The molecule has 0 atom stereocenters. The van der Waals surface area contributed by atoms with E-state index in [4.69, 9.17) is 21.7 Å². The van der Waals surface area contributed by atoms with E-state index in [1.54, 1.807) is 57.9 Å². The molecule has 3 heterocycles. The molecule has 2 aromatic heterocycles. The zero-order valence-corrected chi connectivity index (χ0v) is 20.9. The highest BCUT2D eigenvalue weighted by Gasteiger charge is 2.26. The van der Waals surface area contributed by atoms with Gasteiger partial charge in [0.15, 0.2) is 5.65 Å². The van der Waals surface area contributed by atoms with Gasteiger partial charge in [0.1, 0.15) is 17.3 Å². The molecule has 1 aliphatic heterocycles. The second-order valence-electron chi connectivity index (χ2n) is 9.07. The van der Waals surface area contributed by atoms with Crippen LogP contribution in [-0.2, 0) is 0 Å². The number of piperazine rings is 1. The maximum Gasteiger partial charge on any atom is 0.272 e. The fraction of sp³-hybridized carbons (Fsp3) is 0.138. The highest BCUT2D eigenvalue weighted by atomic mass is 35.5. The van der Waals surface area contributed by atoms with E-state index in [0.29, 0.717) is 65.2 Å². The molecule has 1 aliphatic rings. The fourth-order valence-corrected chi connectivity index (χ4v) is 4.80. The number of hydrogen-bond acceptors (Lipinski definition) is 4. The van der Waals surface area contributed by atoms with Crippen LogP contribution >= 0.6 is 11.6 Å². The van der Waals surface area contributed by atoms with Gasteiger partial charge < -0.3 is 9.80 Å². The van der Waals surface area contributed by atoms with Gasteiger partial charge in [0.05, 0.1) is 17.1 Å². The van der Waals surface area contributed by atoms with Gasteiger partial charge in [0.2, 0.25) is 0 Å². The van der Waals surface area contributed by atoms with Crippen LogP contribution in [0.2, 0.25) is 5.02 Å². The first-order chi connectivity index (χ1) is 18.5. The van der Waals surface area contributed by atoms with Crippen molar-refractivity contribution >= 4 is 28.8 Å². The summed E-state index contributed by atoms with van der Waals surface area (Å²) < 4.78 is 29.4. The van der Waals surface area contributed by atoms with Crippen LogP contribution in [0, 0.1) is 11.6 Å². The van der Waals surface area contributed by atoms with Crippen LogP contribution in [-0.4, -0.2) is 51.6 Å². The van der Waals surface area contributed by atoms with Crippen LogP contribution in [0.1, 0.15) is 10.5 Å². The number of anilines is 1. The lowest BCUT2D eigenvalue weighted by Crippen LogP contribution is -2.49. The molecule has 0 saturated carbocycles. The van der Waals surface area contributed by atoms with E-state index < -0.39 is 0 Å². The number of carbonyl (C=O) groups excluding carboxylic acids is 1. The highest BCUT2D eigenvalue weighted by molar-refractivity contribution is 6.30. The molecule has 0 spiro atoms. The summed E-state index contributed by atoms with van der Waals surface area (Å²) in [5.41, 5.74) is 4.06. The summed E-state index contributed by atoms with van der Waals surface area (Å²) in [5.74, 6) is -0.841. The Kier molecular flexibility index (Phi) is 6.25. The summed E-state index contributed by atoms with van der Waals surface area (Å²) in [6.07, 6.45) is 0. The van der Waals surface area contributed by atoms with Crippen molar-refractivity contribution in [2.75, 3.05) is 31.1 Å². The Morgan fingerprint density at radius 1 is 0.789 bits per heavy atom. The van der Waals surface area contributed by atoms with Crippen molar-refractivity contribution in [2.24, 2.45) is 0 Å². The predicted octanol–water partition coefficient (Wildman–Crippen LogP) is 5.96. The van der Waals surface area contributed by atoms with Crippen molar-refractivity contribution in [2.45, 2.75) is 0 Å². The van der Waals surface area contributed by atoms with Crippen LogP contribution in [0.25, 0.3) is 28.2 Å². The van der Waals surface area contributed by atoms with Gasteiger partial charge in [-0.15, -0.1) is 0 Å². The van der Waals surface area contributed by atoms with Crippen LogP contribution in [0.5, 0.6) is 0 Å². The monoisotopic (exact) mass is 529 g/mol. The Morgan fingerprint density at radius 3 is 2.16 bits per heavy atom. The molecule has 0 aliphatic carbocycles. The van der Waals surface area contributed by atoms with Crippen molar-refractivity contribution in [3.63, 3.8) is 0 Å². The van der Waals surface area contributed by atoms with Gasteiger partial charge in [-0.05, 0) is 54.6 Å². The van der Waals surface area contributed by atoms with Crippen molar-refractivity contribution in [3.8, 4) is 22.5 Å². The van der Waals surface area contributed by atoms with Gasteiger partial charge in [-0.2, -0.15) is 5.10 Å². The number of carbonyl (C=O) groups is 1. The lowest BCUT2D eigenvalue weighted by atomic mass is 10.1. The molecule has 190 valence electrons. The largest absolute Gasteiger partial charge is 0.366 e. The predicted molar refractivity (Wildman–Crippen MR) is 143 cm³/mol. The summed E-state index contributed by atoms with van der Waals surface area (Å²) in [6, 6.07) is 23.4. The molecule has 9 heteroatoms. The Balaban J connectivity index is 1.36. The first kappa shape index (κ1) is 24.1. The van der Waals surface area contributed by atoms with Crippen molar-refractivity contribution < 1.29 is 13.6 Å². The average molecular weight is 530 g/mol. The van der Waals surface area contributed by atoms with Crippen molar-refractivity contribution in [1.82, 2.24) is 19.5 Å². The number of aromatic nitrogens is 3. The number of rotatable bonds is 4. The third-order valence-corrected chi connectivity index (χ3v) is 6.94. The van der Waals surface area contributed by atoms with E-state index in [1.807, 2.05) is 23.1 Å². The second kappa shape index (κ2) is 9.87. The van der Waals surface area contributed by atoms with Gasteiger partial charge in [-0.3, -0.25) is 4.79 Å². The third-order valence-electron chi connectivity index (χ3n) is 6.69. The molecule has 6 rings (SSSR count). The summed E-state index contributed by atoms with van der Waals surface area (Å²) in [7, 11) is 0. The molecule has 5 aromatic rings. The standard InChI is InChI=1S/C29H22ClF2N5O/c30-21-9-5-20(6-10-21)25-18-28-33-24(19-7-11-22(31)12-8-19)17-27(37(28)34-25)29(38)36-15-13-35(14-16-36)26-4-2-1-3-23(26)32/h1-12,17-18H,13-16H2. The summed E-state index contributed by atoms with van der Waals surface area (Å²) >= 11 is 6.05. The Bertz CT molecular complexity index is 1630. The van der Waals surface area contributed by atoms with Crippen LogP contribution < -0.4 is 4.90 Å². The van der Waals surface area contributed by atoms with Crippen LogP contribution in [0.15, 0.2) is 84.9 Å². The number of halogens is 3. The van der Waals surface area contributed by atoms with E-state index in [9.17, 15) is 13.6 Å². The first-order valence-corrected chi connectivity index (χ1v) is 12.6. The molecule has 0 bridgehead atoms. The molecule has 0 N–H and O–H groups in total. The molecule has 1 saturated heterocycles. The smallest absolute Gasteiger partial charge is 0.272 e. The highest BCUT2D eigenvalue weighted by Crippen LogP contribution is 2.27. The molecule has 6 nitrogen and oxygen atoms in total. The minimum atomic E-state index is -0.353. The SMILES string of the molecule is O=C(c1cc(-c2ccc(F)cc2)nc2cc(-c3ccc(Cl)cc3)nn12)N1CCN(c2ccccc2F)CC1. The summed E-state index contributed by atoms with van der Waals surface area (Å²) in [6.45, 7) is 1.85. The Labute approximate surface area is 222 Å². The number of nitrogens with zero attached hydrogens (tertiary/aromatic N) is 5. The first-order valence-electron chi connectivity index (χ1n) is 12.2. The van der Waals surface area contributed by atoms with E-state index >= 15 is 0 Å². The summed E-state index contributed by atoms with van der Waals surface area (Å²) in [5, 5.41) is 5.31. The lowest BCUT2D eigenvalue weighted by molar-refractivity contribution is 0.0737. The molecule has 38 heavy (non-hydrogen) atoms. The topological polar surface area (TPSA) is 53.7 Å². The van der Waals surface area contributed by atoms with Gasteiger partial charge in [0.25, 0.3) is 5.91 Å². The summed E-state index contributed by atoms with van der Waals surface area (Å²) in [4.78, 5) is 22.2. The molecular weight excluding hydrogens is 508 g/mol. The molecule has 3 aromatic carbocycles. The number of para-hydroxylation sites is 1. The van der Waals surface area contributed by atoms with Gasteiger partial charge in [0, 0.05) is 48.4 Å². The Hall–Kier alpha value is -4.30. The number of amides is 1. The third kappa shape index (κ3) is 4.59. The van der Waals surface area contributed by atoms with Gasteiger partial charge >= 0.3 is 0 Å². The van der Waals surface area contributed by atoms with E-state index in [-0.39, 0.29) is 17.5 Å². The van der Waals surface area contributed by atoms with Crippen molar-refractivity contribution in [3.05, 3.63) is 107 Å². The number of fused-ring (bicyclic) bond motifs is 1. The zero-order chi connectivity index (χ0) is 26.2. The quantitative estimate of drug-likeness (QED) is 0.288. The second-order valence-corrected chi connectivity index (χ2v) is 9.51. The number of benzene rings is 3. The zero-order valence-electron chi connectivity index (χ0n) is 20.2. The minimum absolute atomic E-state index is 0.209. The number of hydrogen-bond donors (Lipinski definition) is 0. The Morgan fingerprint density at radius 2 is 1.45 bits per heavy atom. The van der Waals surface area contributed by atoms with Crippen LogP contribution in [0.4, 0.5) is 14.5 Å². The van der Waals surface area contributed by atoms with E-state index in [0.717, 1.165) is 5.56 Å². The maximum absolute atomic E-state index is 14.3. The van der Waals surface area contributed by atoms with Crippen molar-refractivity contribution in [1.29, 1.82) is 0 Å². The fourth-order valence-electron chi connectivity index (χ4n) is 4.68. The van der Waals surface area contributed by atoms with E-state index in [1.165, 1.54) is 18.2 Å². The average Bonchev–Trinajstić information content (AvgIpc) is 3.38. The maximum atomic E-state index is 14.3. The van der Waals surface area contributed by atoms with Gasteiger partial charge in [-0.1, -0.05) is 35.9 Å². The van der Waals surface area contributed by atoms with Gasteiger partial charge in [-0.25, -0.2) is 18.3 Å². The molecule has 0 unspecified atom stereocenters. The molecule has 0 radical (unpaired) electrons.